The Labute approximate surface area is 156 Å². The smallest absolute Gasteiger partial charge is 0.387 e. The maximum Gasteiger partial charge on any atom is 0.387 e. The zero-order valence-electron chi connectivity index (χ0n) is 14.5. The van der Waals surface area contributed by atoms with Gasteiger partial charge in [-0.15, -0.1) is 0 Å². The van der Waals surface area contributed by atoms with E-state index in [0.29, 0.717) is 12.1 Å². The third-order valence-corrected chi connectivity index (χ3v) is 4.72. The van der Waals surface area contributed by atoms with E-state index in [1.54, 1.807) is 6.08 Å². The monoisotopic (exact) mass is 383 g/mol. The molecule has 0 aromatic heterocycles. The van der Waals surface area contributed by atoms with Crippen molar-refractivity contribution in [2.45, 2.75) is 39.0 Å². The lowest BCUT2D eigenvalue weighted by Crippen LogP contribution is -2.27. The fraction of sp³-hybridized carbons (Fsp3) is 0.300. The summed E-state index contributed by atoms with van der Waals surface area (Å²) in [5, 5.41) is 3.35. The minimum Gasteiger partial charge on any atom is -0.432 e. The number of rotatable bonds is 8. The summed E-state index contributed by atoms with van der Waals surface area (Å²) in [6, 6.07) is 3.98. The fourth-order valence-corrected chi connectivity index (χ4v) is 3.12. The molecule has 2 nitrogen and oxygen atoms in total. The highest BCUT2D eigenvalue weighted by molar-refractivity contribution is 6.26. The predicted molar refractivity (Wildman–Crippen MR) is 98.9 cm³/mol. The Morgan fingerprint density at radius 3 is 2.81 bits per heavy atom. The van der Waals surface area contributed by atoms with Gasteiger partial charge < -0.3 is 10.1 Å². The lowest BCUT2D eigenvalue weighted by molar-refractivity contribution is -0.0522. The zero-order chi connectivity index (χ0) is 19.3. The van der Waals surface area contributed by atoms with Gasteiger partial charge in [0.05, 0.1) is 0 Å². The number of ether oxygens (including phenoxy) is 1. The predicted octanol–water partition coefficient (Wildman–Crippen LogP) is 5.86. The topological polar surface area (TPSA) is 21.3 Å². The van der Waals surface area contributed by atoms with Gasteiger partial charge in [-0.3, -0.25) is 0 Å². The molecule has 0 saturated carbocycles. The highest BCUT2D eigenvalue weighted by Crippen LogP contribution is 2.35. The first-order valence-corrected chi connectivity index (χ1v) is 8.59. The Morgan fingerprint density at radius 1 is 1.46 bits per heavy atom. The van der Waals surface area contributed by atoms with Crippen LogP contribution in [0, 0.1) is 5.82 Å². The van der Waals surface area contributed by atoms with Crippen LogP contribution in [0.15, 0.2) is 65.3 Å². The third-order valence-electron chi connectivity index (χ3n) is 4.40. The Bertz CT molecular complexity index is 755. The third kappa shape index (κ3) is 4.80. The summed E-state index contributed by atoms with van der Waals surface area (Å²) >= 11 is 5.77. The van der Waals surface area contributed by atoms with Crippen LogP contribution in [0.4, 0.5) is 13.2 Å². The van der Waals surface area contributed by atoms with Crippen LogP contribution in [0.5, 0.6) is 5.75 Å². The molecular weight excluding hydrogens is 363 g/mol. The molecule has 0 aliphatic heterocycles. The SMILES string of the molecule is C=CC1=C(C(=C)/C(C)=C\Cl)CCC1NCc1ccc(F)c(OC(F)F)c1. The van der Waals surface area contributed by atoms with E-state index < -0.39 is 18.2 Å². The molecule has 1 aliphatic rings. The van der Waals surface area contributed by atoms with E-state index in [1.807, 2.05) is 6.92 Å². The lowest BCUT2D eigenvalue weighted by atomic mass is 9.98. The molecule has 6 heteroatoms. The summed E-state index contributed by atoms with van der Waals surface area (Å²) in [6.45, 7) is 7.18. The molecule has 140 valence electrons. The number of halogens is 4. The summed E-state index contributed by atoms with van der Waals surface area (Å²) in [7, 11) is 0. The van der Waals surface area contributed by atoms with Crippen LogP contribution in [-0.4, -0.2) is 12.7 Å². The number of allylic oxidation sites excluding steroid dienone is 3. The van der Waals surface area contributed by atoms with Crippen molar-refractivity contribution < 1.29 is 17.9 Å². The lowest BCUT2D eigenvalue weighted by Gasteiger charge is -2.16. The van der Waals surface area contributed by atoms with Crippen LogP contribution in [-0.2, 0) is 6.54 Å². The van der Waals surface area contributed by atoms with Gasteiger partial charge in [-0.1, -0.05) is 36.9 Å². The maximum absolute atomic E-state index is 13.5. The van der Waals surface area contributed by atoms with Crippen LogP contribution >= 0.6 is 11.6 Å². The summed E-state index contributed by atoms with van der Waals surface area (Å²) in [4.78, 5) is 0. The largest absolute Gasteiger partial charge is 0.432 e. The first kappa shape index (κ1) is 20.3. The summed E-state index contributed by atoms with van der Waals surface area (Å²) in [5.41, 5.74) is 6.07. The minimum absolute atomic E-state index is 0.0481. The molecule has 1 N–H and O–H groups in total. The summed E-state index contributed by atoms with van der Waals surface area (Å²) in [6.07, 6.45) is 3.48. The van der Waals surface area contributed by atoms with Crippen molar-refractivity contribution >= 4 is 11.6 Å². The van der Waals surface area contributed by atoms with Gasteiger partial charge in [0.1, 0.15) is 0 Å². The van der Waals surface area contributed by atoms with Crippen molar-refractivity contribution in [3.8, 4) is 5.75 Å². The molecule has 2 rings (SSSR count). The quantitative estimate of drug-likeness (QED) is 0.567. The summed E-state index contributed by atoms with van der Waals surface area (Å²) in [5.74, 6) is -1.27. The molecule has 1 aliphatic carbocycles. The molecule has 0 spiro atoms. The molecular formula is C20H21ClF3NO. The van der Waals surface area contributed by atoms with E-state index in [1.165, 1.54) is 17.7 Å². The number of nitrogens with one attached hydrogen (secondary N) is 1. The van der Waals surface area contributed by atoms with Crippen LogP contribution in [0.25, 0.3) is 0 Å². The molecule has 26 heavy (non-hydrogen) atoms. The van der Waals surface area contributed by atoms with E-state index in [-0.39, 0.29) is 6.04 Å². The van der Waals surface area contributed by atoms with Crippen molar-refractivity contribution in [3.05, 3.63) is 76.6 Å². The Balaban J connectivity index is 2.11. The Kier molecular flexibility index (Phi) is 7.12. The molecule has 0 radical (unpaired) electrons. The van der Waals surface area contributed by atoms with Gasteiger partial charge in [0.15, 0.2) is 11.6 Å². The second-order valence-electron chi connectivity index (χ2n) is 6.02. The van der Waals surface area contributed by atoms with Gasteiger partial charge in [0.2, 0.25) is 0 Å². The molecule has 0 amide bonds. The van der Waals surface area contributed by atoms with Gasteiger partial charge >= 0.3 is 6.61 Å². The Morgan fingerprint density at radius 2 is 2.19 bits per heavy atom. The highest BCUT2D eigenvalue weighted by Gasteiger charge is 2.25. The summed E-state index contributed by atoms with van der Waals surface area (Å²) < 4.78 is 42.4. The fourth-order valence-electron chi connectivity index (χ4n) is 2.99. The van der Waals surface area contributed by atoms with E-state index in [4.69, 9.17) is 11.6 Å². The van der Waals surface area contributed by atoms with E-state index in [0.717, 1.165) is 41.2 Å². The van der Waals surface area contributed by atoms with Crippen LogP contribution in [0.3, 0.4) is 0 Å². The average Bonchev–Trinajstić information content (AvgIpc) is 3.03. The molecule has 0 bridgehead atoms. The molecule has 0 fully saturated rings. The van der Waals surface area contributed by atoms with Gasteiger partial charge in [-0.2, -0.15) is 8.78 Å². The van der Waals surface area contributed by atoms with Gasteiger partial charge in [0.25, 0.3) is 0 Å². The minimum atomic E-state index is -3.07. The van der Waals surface area contributed by atoms with E-state index in [2.05, 4.69) is 23.2 Å². The van der Waals surface area contributed by atoms with Gasteiger partial charge in [-0.05, 0) is 59.8 Å². The first-order valence-electron chi connectivity index (χ1n) is 8.16. The van der Waals surface area contributed by atoms with Crippen molar-refractivity contribution in [3.63, 3.8) is 0 Å². The number of hydrogen-bond donors (Lipinski definition) is 1. The van der Waals surface area contributed by atoms with Crippen molar-refractivity contribution in [1.29, 1.82) is 0 Å². The van der Waals surface area contributed by atoms with Gasteiger partial charge in [0, 0.05) is 18.1 Å². The molecule has 0 heterocycles. The van der Waals surface area contributed by atoms with Crippen LogP contribution in [0.1, 0.15) is 25.3 Å². The van der Waals surface area contributed by atoms with Crippen molar-refractivity contribution in [2.24, 2.45) is 0 Å². The molecule has 1 aromatic rings. The van der Waals surface area contributed by atoms with Crippen LogP contribution < -0.4 is 10.1 Å². The maximum atomic E-state index is 13.5. The van der Waals surface area contributed by atoms with Crippen LogP contribution in [0.2, 0.25) is 0 Å². The van der Waals surface area contributed by atoms with E-state index in [9.17, 15) is 13.2 Å². The number of alkyl halides is 2. The first-order chi connectivity index (χ1) is 12.4. The van der Waals surface area contributed by atoms with E-state index >= 15 is 0 Å². The number of benzene rings is 1. The number of hydrogen-bond acceptors (Lipinski definition) is 2. The molecule has 1 atom stereocenters. The van der Waals surface area contributed by atoms with Gasteiger partial charge in [-0.25, -0.2) is 4.39 Å². The average molecular weight is 384 g/mol. The second-order valence-corrected chi connectivity index (χ2v) is 6.24. The molecule has 1 aromatic carbocycles. The standard InChI is InChI=1S/C20H21ClF3NO/c1-4-15-16(13(3)12(2)10-21)6-8-18(15)25-11-14-5-7-17(22)19(9-14)26-20(23)24/h4-5,7,9-10,18,20,25H,1,3,6,8,11H2,2H3/b12-10-. The van der Waals surface area contributed by atoms with Crippen molar-refractivity contribution in [1.82, 2.24) is 5.32 Å². The second kappa shape index (κ2) is 9.10. The molecule has 1 unspecified atom stereocenters. The zero-order valence-corrected chi connectivity index (χ0v) is 15.3. The van der Waals surface area contributed by atoms with Crippen molar-refractivity contribution in [2.75, 3.05) is 0 Å². The highest BCUT2D eigenvalue weighted by atomic mass is 35.5. The normalized spacial score (nSPS) is 17.8. The molecule has 0 saturated heterocycles. The Hall–Kier alpha value is -1.98.